The molecule has 2 heterocycles. The molecule has 0 aromatic heterocycles. The number of halogens is 1. The van der Waals surface area contributed by atoms with Gasteiger partial charge in [0.15, 0.2) is 0 Å². The molecule has 0 bridgehead atoms. The number of nitrogens with one attached hydrogen (secondary N) is 1. The van der Waals surface area contributed by atoms with Crippen LogP contribution in [0.4, 0.5) is 4.39 Å². The molecule has 2 aliphatic rings. The number of amides is 1. The molecule has 1 atom stereocenters. The number of hydrogen-bond donors (Lipinski definition) is 1. The van der Waals surface area contributed by atoms with Gasteiger partial charge in [0.2, 0.25) is 0 Å². The lowest BCUT2D eigenvalue weighted by Crippen LogP contribution is -2.33. The summed E-state index contributed by atoms with van der Waals surface area (Å²) in [7, 11) is 1.48. The van der Waals surface area contributed by atoms with Gasteiger partial charge in [-0.05, 0) is 31.5 Å². The van der Waals surface area contributed by atoms with E-state index in [1.807, 2.05) is 0 Å². The molecule has 1 amide bonds. The number of methoxy groups -OCH3 is 1. The van der Waals surface area contributed by atoms with E-state index in [9.17, 15) is 9.18 Å². The Bertz CT molecular complexity index is 527. The number of carbonyl (C=O) groups excluding carboxylic acids is 1. The van der Waals surface area contributed by atoms with E-state index in [0.29, 0.717) is 12.3 Å². The normalized spacial score (nSPS) is 25.4. The van der Waals surface area contributed by atoms with Crippen LogP contribution in [0.3, 0.4) is 0 Å². The molecule has 2 aliphatic heterocycles. The SMILES string of the molecule is COc1ccc(C(=O)N2CCC3(CCNC3)C2)c(F)c1. The second-order valence-electron chi connectivity index (χ2n) is 5.75. The van der Waals surface area contributed by atoms with Gasteiger partial charge in [-0.3, -0.25) is 4.79 Å². The monoisotopic (exact) mass is 278 g/mol. The van der Waals surface area contributed by atoms with Crippen molar-refractivity contribution in [2.45, 2.75) is 12.8 Å². The van der Waals surface area contributed by atoms with Gasteiger partial charge >= 0.3 is 0 Å². The maximum Gasteiger partial charge on any atom is 0.256 e. The zero-order chi connectivity index (χ0) is 14.2. The topological polar surface area (TPSA) is 41.6 Å². The zero-order valence-corrected chi connectivity index (χ0v) is 11.6. The van der Waals surface area contributed by atoms with Crippen LogP contribution in [0.1, 0.15) is 23.2 Å². The third kappa shape index (κ3) is 2.26. The van der Waals surface area contributed by atoms with Gasteiger partial charge in [-0.2, -0.15) is 0 Å². The minimum absolute atomic E-state index is 0.133. The van der Waals surface area contributed by atoms with Gasteiger partial charge in [-0.1, -0.05) is 0 Å². The molecule has 2 saturated heterocycles. The van der Waals surface area contributed by atoms with Crippen LogP contribution in [-0.2, 0) is 0 Å². The van der Waals surface area contributed by atoms with Gasteiger partial charge < -0.3 is 15.0 Å². The predicted molar refractivity (Wildman–Crippen MR) is 73.4 cm³/mol. The van der Waals surface area contributed by atoms with Crippen molar-refractivity contribution in [1.29, 1.82) is 0 Å². The highest BCUT2D eigenvalue weighted by atomic mass is 19.1. The molecular weight excluding hydrogens is 259 g/mol. The molecule has 1 unspecified atom stereocenters. The highest BCUT2D eigenvalue weighted by Crippen LogP contribution is 2.36. The van der Waals surface area contributed by atoms with Gasteiger partial charge in [0.1, 0.15) is 11.6 Å². The lowest BCUT2D eigenvalue weighted by Gasteiger charge is -2.23. The van der Waals surface area contributed by atoms with Crippen LogP contribution in [0.15, 0.2) is 18.2 Å². The van der Waals surface area contributed by atoms with E-state index in [0.717, 1.165) is 32.5 Å². The molecule has 1 N–H and O–H groups in total. The Morgan fingerprint density at radius 1 is 1.45 bits per heavy atom. The van der Waals surface area contributed by atoms with Crippen molar-refractivity contribution in [2.24, 2.45) is 5.41 Å². The minimum atomic E-state index is -0.514. The summed E-state index contributed by atoms with van der Waals surface area (Å²) in [6.07, 6.45) is 2.10. The molecular formula is C15H19FN2O2. The molecule has 2 fully saturated rings. The number of ether oxygens (including phenoxy) is 1. The fraction of sp³-hybridized carbons (Fsp3) is 0.533. The summed E-state index contributed by atoms with van der Waals surface area (Å²) in [5.41, 5.74) is 0.340. The maximum absolute atomic E-state index is 14.0. The Hall–Kier alpha value is -1.62. The third-order valence-electron chi connectivity index (χ3n) is 4.46. The van der Waals surface area contributed by atoms with Crippen LogP contribution in [-0.4, -0.2) is 44.1 Å². The van der Waals surface area contributed by atoms with Crippen molar-refractivity contribution in [3.8, 4) is 5.75 Å². The van der Waals surface area contributed by atoms with Crippen molar-refractivity contribution in [2.75, 3.05) is 33.3 Å². The van der Waals surface area contributed by atoms with E-state index >= 15 is 0 Å². The fourth-order valence-electron chi connectivity index (χ4n) is 3.22. The molecule has 1 spiro atoms. The molecule has 0 saturated carbocycles. The van der Waals surface area contributed by atoms with Crippen LogP contribution in [0.5, 0.6) is 5.75 Å². The molecule has 20 heavy (non-hydrogen) atoms. The summed E-state index contributed by atoms with van der Waals surface area (Å²) in [5.74, 6) is -0.300. The largest absolute Gasteiger partial charge is 0.497 e. The summed E-state index contributed by atoms with van der Waals surface area (Å²) < 4.78 is 18.9. The summed E-state index contributed by atoms with van der Waals surface area (Å²) in [5, 5.41) is 3.35. The average molecular weight is 278 g/mol. The molecule has 5 heteroatoms. The molecule has 1 aromatic carbocycles. The maximum atomic E-state index is 14.0. The quantitative estimate of drug-likeness (QED) is 0.894. The van der Waals surface area contributed by atoms with Crippen LogP contribution >= 0.6 is 0 Å². The van der Waals surface area contributed by atoms with Crippen LogP contribution in [0.25, 0.3) is 0 Å². The number of benzene rings is 1. The van der Waals surface area contributed by atoms with Gasteiger partial charge in [0.25, 0.3) is 5.91 Å². The Balaban J connectivity index is 1.76. The molecule has 1 aromatic rings. The third-order valence-corrected chi connectivity index (χ3v) is 4.46. The minimum Gasteiger partial charge on any atom is -0.497 e. The predicted octanol–water partition coefficient (Wildman–Crippen LogP) is 1.66. The van der Waals surface area contributed by atoms with E-state index in [-0.39, 0.29) is 16.9 Å². The van der Waals surface area contributed by atoms with Crippen molar-refractivity contribution in [3.63, 3.8) is 0 Å². The van der Waals surface area contributed by atoms with E-state index in [2.05, 4.69) is 5.32 Å². The summed E-state index contributed by atoms with van der Waals surface area (Å²) >= 11 is 0. The fourth-order valence-corrected chi connectivity index (χ4v) is 3.22. The first-order valence-electron chi connectivity index (χ1n) is 6.97. The van der Waals surface area contributed by atoms with Crippen LogP contribution in [0.2, 0.25) is 0 Å². The van der Waals surface area contributed by atoms with E-state index < -0.39 is 5.82 Å². The number of likely N-dealkylation sites (tertiary alicyclic amines) is 1. The highest BCUT2D eigenvalue weighted by Gasteiger charge is 2.42. The van der Waals surface area contributed by atoms with Crippen molar-refractivity contribution in [1.82, 2.24) is 10.2 Å². The molecule has 4 nitrogen and oxygen atoms in total. The first kappa shape index (κ1) is 13.4. The second-order valence-corrected chi connectivity index (χ2v) is 5.75. The number of rotatable bonds is 2. The van der Waals surface area contributed by atoms with Gasteiger partial charge in [-0.15, -0.1) is 0 Å². The number of nitrogens with zero attached hydrogens (tertiary/aromatic N) is 1. The van der Waals surface area contributed by atoms with Gasteiger partial charge in [0, 0.05) is 31.1 Å². The summed E-state index contributed by atoms with van der Waals surface area (Å²) in [6.45, 7) is 3.41. The zero-order valence-electron chi connectivity index (χ0n) is 11.6. The van der Waals surface area contributed by atoms with E-state index in [1.54, 1.807) is 11.0 Å². The van der Waals surface area contributed by atoms with E-state index in [1.165, 1.54) is 19.2 Å². The Labute approximate surface area is 117 Å². The summed E-state index contributed by atoms with van der Waals surface area (Å²) in [6, 6.07) is 4.39. The number of carbonyl (C=O) groups is 1. The van der Waals surface area contributed by atoms with Gasteiger partial charge in [0.05, 0.1) is 12.7 Å². The smallest absolute Gasteiger partial charge is 0.256 e. The van der Waals surface area contributed by atoms with Crippen LogP contribution < -0.4 is 10.1 Å². The Kier molecular flexibility index (Phi) is 3.38. The van der Waals surface area contributed by atoms with Crippen molar-refractivity contribution in [3.05, 3.63) is 29.6 Å². The van der Waals surface area contributed by atoms with Crippen molar-refractivity contribution >= 4 is 5.91 Å². The summed E-state index contributed by atoms with van der Waals surface area (Å²) in [4.78, 5) is 14.2. The first-order chi connectivity index (χ1) is 9.63. The van der Waals surface area contributed by atoms with Crippen molar-refractivity contribution < 1.29 is 13.9 Å². The lowest BCUT2D eigenvalue weighted by atomic mass is 9.86. The first-order valence-corrected chi connectivity index (χ1v) is 6.97. The molecule has 0 radical (unpaired) electrons. The Morgan fingerprint density at radius 2 is 2.30 bits per heavy atom. The lowest BCUT2D eigenvalue weighted by molar-refractivity contribution is 0.0771. The van der Waals surface area contributed by atoms with E-state index in [4.69, 9.17) is 4.74 Å². The number of hydrogen-bond acceptors (Lipinski definition) is 3. The molecule has 3 rings (SSSR count). The standard InChI is InChI=1S/C15H19FN2O2/c1-20-11-2-3-12(13(16)8-11)14(19)18-7-5-15(10-18)4-6-17-9-15/h2-3,8,17H,4-7,9-10H2,1H3. The molecule has 108 valence electrons. The average Bonchev–Trinajstić information content (AvgIpc) is 3.09. The Morgan fingerprint density at radius 3 is 2.95 bits per heavy atom. The molecule has 0 aliphatic carbocycles. The van der Waals surface area contributed by atoms with Gasteiger partial charge in [-0.25, -0.2) is 4.39 Å². The van der Waals surface area contributed by atoms with Crippen LogP contribution in [0, 0.1) is 11.2 Å². The second kappa shape index (κ2) is 5.05. The highest BCUT2D eigenvalue weighted by molar-refractivity contribution is 5.94.